The molecule has 1 heterocycles. The molecule has 0 atom stereocenters. The Morgan fingerprint density at radius 1 is 0.444 bits per heavy atom. The molecule has 2 amide bonds. The molecule has 36 heavy (non-hydrogen) atoms. The molecule has 0 radical (unpaired) electrons. The lowest BCUT2D eigenvalue weighted by atomic mass is 9.36. The Balaban J connectivity index is 1.15. The molecule has 8 aliphatic carbocycles. The first kappa shape index (κ1) is 24.0. The molecule has 4 heteroatoms. The van der Waals surface area contributed by atoms with Crippen molar-refractivity contribution in [3.05, 3.63) is 0 Å². The van der Waals surface area contributed by atoms with Crippen LogP contribution in [-0.4, -0.2) is 41.4 Å². The average Bonchev–Trinajstić information content (AvgIpc) is 2.65. The topological polar surface area (TPSA) is 40.6 Å². The molecule has 1 saturated heterocycles. The maximum atomic E-state index is 14.4. The predicted octanol–water partition coefficient (Wildman–Crippen LogP) is 6.78. The smallest absolute Gasteiger partial charge is 0.230 e. The molecule has 8 saturated carbocycles. The summed E-state index contributed by atoms with van der Waals surface area (Å²) in [5, 5.41) is 0. The lowest BCUT2D eigenvalue weighted by Crippen LogP contribution is -2.66. The summed E-state index contributed by atoms with van der Waals surface area (Å²) in [7, 11) is 0. The van der Waals surface area contributed by atoms with Gasteiger partial charge in [-0.3, -0.25) is 9.59 Å². The van der Waals surface area contributed by atoms with Crippen LogP contribution in [0.15, 0.2) is 0 Å². The SMILES string of the molecule is CC12CC3(C)CC(C)(C1)CC(C(=O)N1CCCN(C(=O)C45CC6(C)CC(C)(CC(C)(C6)C4)C5)C1)(C2)C3. The van der Waals surface area contributed by atoms with E-state index in [1.54, 1.807) is 0 Å². The second-order valence-corrected chi connectivity index (χ2v) is 18.2. The third kappa shape index (κ3) is 3.30. The fourth-order valence-electron chi connectivity index (χ4n) is 14.8. The van der Waals surface area contributed by atoms with Gasteiger partial charge in [-0.05, 0) is 116 Å². The fraction of sp³-hybridized carbons (Fsp3) is 0.938. The number of amides is 2. The quantitative estimate of drug-likeness (QED) is 0.425. The summed E-state index contributed by atoms with van der Waals surface area (Å²) >= 11 is 0. The zero-order chi connectivity index (χ0) is 25.6. The van der Waals surface area contributed by atoms with E-state index in [1.165, 1.54) is 38.5 Å². The van der Waals surface area contributed by atoms with Crippen molar-refractivity contribution in [3.63, 3.8) is 0 Å². The molecule has 1 aliphatic heterocycles. The maximum Gasteiger partial charge on any atom is 0.230 e. The zero-order valence-corrected chi connectivity index (χ0v) is 24.0. The van der Waals surface area contributed by atoms with E-state index in [9.17, 15) is 9.59 Å². The summed E-state index contributed by atoms with van der Waals surface area (Å²) in [5.41, 5.74) is 1.43. The number of rotatable bonds is 2. The largest absolute Gasteiger partial charge is 0.324 e. The van der Waals surface area contributed by atoms with Crippen LogP contribution in [0.3, 0.4) is 0 Å². The van der Waals surface area contributed by atoms with Crippen LogP contribution >= 0.6 is 0 Å². The minimum atomic E-state index is -0.200. The lowest BCUT2D eigenvalue weighted by molar-refractivity contribution is -0.207. The molecular weight excluding hydrogens is 444 g/mol. The van der Waals surface area contributed by atoms with Gasteiger partial charge in [0.15, 0.2) is 0 Å². The first-order valence-corrected chi connectivity index (χ1v) is 15.1. The maximum absolute atomic E-state index is 14.4. The van der Waals surface area contributed by atoms with Gasteiger partial charge in [-0.1, -0.05) is 41.5 Å². The molecule has 4 nitrogen and oxygen atoms in total. The molecule has 0 aromatic heterocycles. The monoisotopic (exact) mass is 494 g/mol. The number of carbonyl (C=O) groups is 2. The number of nitrogens with zero attached hydrogens (tertiary/aromatic N) is 2. The van der Waals surface area contributed by atoms with E-state index >= 15 is 0 Å². The van der Waals surface area contributed by atoms with Crippen molar-refractivity contribution in [3.8, 4) is 0 Å². The third-order valence-electron chi connectivity index (χ3n) is 12.4. The molecule has 200 valence electrons. The summed E-state index contributed by atoms with van der Waals surface area (Å²) in [6.45, 7) is 17.0. The van der Waals surface area contributed by atoms with E-state index in [0.717, 1.165) is 58.0 Å². The van der Waals surface area contributed by atoms with E-state index in [1.807, 2.05) is 0 Å². The molecule has 0 aromatic rings. The average molecular weight is 495 g/mol. The molecule has 9 rings (SSSR count). The van der Waals surface area contributed by atoms with E-state index in [0.29, 0.717) is 51.0 Å². The van der Waals surface area contributed by atoms with Crippen LogP contribution in [-0.2, 0) is 9.59 Å². The Morgan fingerprint density at radius 2 is 0.694 bits per heavy atom. The summed E-state index contributed by atoms with van der Waals surface area (Å²) in [6.07, 6.45) is 15.0. The molecular formula is C32H50N2O2. The van der Waals surface area contributed by atoms with E-state index < -0.39 is 0 Å². The summed E-state index contributed by atoms with van der Waals surface area (Å²) in [4.78, 5) is 33.1. The Kier molecular flexibility index (Phi) is 4.37. The Labute approximate surface area is 219 Å². The number of carbonyl (C=O) groups excluding carboxylic acids is 2. The minimum absolute atomic E-state index is 0.200. The highest BCUT2D eigenvalue weighted by Crippen LogP contribution is 2.75. The third-order valence-corrected chi connectivity index (χ3v) is 12.4. The molecule has 9 aliphatic rings. The fourth-order valence-corrected chi connectivity index (χ4v) is 14.8. The van der Waals surface area contributed by atoms with Gasteiger partial charge in [0, 0.05) is 13.1 Å². The van der Waals surface area contributed by atoms with Gasteiger partial charge in [0.2, 0.25) is 11.8 Å². The van der Waals surface area contributed by atoms with Crippen LogP contribution in [0.5, 0.6) is 0 Å². The van der Waals surface area contributed by atoms with Gasteiger partial charge in [-0.25, -0.2) is 0 Å². The normalized spacial score (nSPS) is 56.9. The molecule has 9 fully saturated rings. The van der Waals surface area contributed by atoms with E-state index in [4.69, 9.17) is 0 Å². The van der Waals surface area contributed by atoms with E-state index in [2.05, 4.69) is 51.3 Å². The van der Waals surface area contributed by atoms with Crippen molar-refractivity contribution in [2.24, 2.45) is 43.3 Å². The Morgan fingerprint density at radius 3 is 0.944 bits per heavy atom. The van der Waals surface area contributed by atoms with Crippen molar-refractivity contribution in [2.75, 3.05) is 19.8 Å². The Hall–Kier alpha value is -1.06. The van der Waals surface area contributed by atoms with Crippen LogP contribution in [0, 0.1) is 43.3 Å². The lowest BCUT2D eigenvalue weighted by Gasteiger charge is -2.69. The highest BCUT2D eigenvalue weighted by molar-refractivity contribution is 5.86. The van der Waals surface area contributed by atoms with Crippen molar-refractivity contribution in [1.29, 1.82) is 0 Å². The van der Waals surface area contributed by atoms with Gasteiger partial charge in [0.05, 0.1) is 17.5 Å². The van der Waals surface area contributed by atoms with Crippen LogP contribution < -0.4 is 0 Å². The summed E-state index contributed by atoms with van der Waals surface area (Å²) in [6, 6.07) is 0. The molecule has 0 N–H and O–H groups in total. The van der Waals surface area contributed by atoms with Crippen LogP contribution in [0.4, 0.5) is 0 Å². The van der Waals surface area contributed by atoms with Crippen molar-refractivity contribution in [1.82, 2.24) is 9.80 Å². The second kappa shape index (κ2) is 6.56. The number of hydrogen-bond donors (Lipinski definition) is 0. The summed E-state index contributed by atoms with van der Waals surface area (Å²) in [5.74, 6) is 0.776. The summed E-state index contributed by atoms with van der Waals surface area (Å²) < 4.78 is 0. The first-order valence-electron chi connectivity index (χ1n) is 15.1. The molecule has 0 aromatic carbocycles. The zero-order valence-electron chi connectivity index (χ0n) is 24.0. The van der Waals surface area contributed by atoms with Gasteiger partial charge in [-0.15, -0.1) is 0 Å². The molecule has 0 spiro atoms. The highest BCUT2D eigenvalue weighted by Gasteiger charge is 2.68. The van der Waals surface area contributed by atoms with Crippen molar-refractivity contribution < 1.29 is 9.59 Å². The highest BCUT2D eigenvalue weighted by atomic mass is 16.2. The molecule has 0 unspecified atom stereocenters. The van der Waals surface area contributed by atoms with Crippen molar-refractivity contribution >= 4 is 11.8 Å². The molecule has 8 bridgehead atoms. The first-order chi connectivity index (χ1) is 16.5. The van der Waals surface area contributed by atoms with Crippen LogP contribution in [0.2, 0.25) is 0 Å². The van der Waals surface area contributed by atoms with Crippen molar-refractivity contribution in [2.45, 2.75) is 125 Å². The van der Waals surface area contributed by atoms with Gasteiger partial charge in [-0.2, -0.15) is 0 Å². The van der Waals surface area contributed by atoms with Crippen LogP contribution in [0.25, 0.3) is 0 Å². The standard InChI is InChI=1S/C32H50N2O2/c1-25-10-26(2)12-27(3,11-25)18-31(16-25,17-26)23(35)33-8-7-9-34(22-33)24(36)32-19-28(4)13-29(5,20-32)15-30(6,14-28)21-32/h7-22H2,1-6H3. The van der Waals surface area contributed by atoms with Gasteiger partial charge < -0.3 is 9.80 Å². The Bertz CT molecular complexity index is 858. The number of hydrogen-bond acceptors (Lipinski definition) is 2. The van der Waals surface area contributed by atoms with Gasteiger partial charge in [0.1, 0.15) is 0 Å². The minimum Gasteiger partial charge on any atom is -0.324 e. The van der Waals surface area contributed by atoms with Crippen LogP contribution in [0.1, 0.15) is 125 Å². The van der Waals surface area contributed by atoms with Gasteiger partial charge in [0.25, 0.3) is 0 Å². The van der Waals surface area contributed by atoms with E-state index in [-0.39, 0.29) is 10.8 Å². The van der Waals surface area contributed by atoms with Gasteiger partial charge >= 0.3 is 0 Å². The predicted molar refractivity (Wildman–Crippen MR) is 142 cm³/mol. The second-order valence-electron chi connectivity index (χ2n) is 18.2.